The number of fused-ring (bicyclic) bond motifs is 1. The molecule has 0 bridgehead atoms. The average Bonchev–Trinajstić information content (AvgIpc) is 2.28. The minimum absolute atomic E-state index is 0.127. The molecule has 2 nitrogen and oxygen atoms in total. The van der Waals surface area contributed by atoms with Crippen LogP contribution in [0.1, 0.15) is 19.4 Å². The molecule has 0 aliphatic rings. The summed E-state index contributed by atoms with van der Waals surface area (Å²) in [4.78, 5) is 1.25. The highest BCUT2D eigenvalue weighted by Crippen LogP contribution is 2.32. The molecule has 0 fully saturated rings. The molecule has 0 aliphatic heterocycles. The van der Waals surface area contributed by atoms with E-state index in [-0.39, 0.29) is 5.84 Å². The minimum Gasteiger partial charge on any atom is -0.384 e. The third-order valence-electron chi connectivity index (χ3n) is 2.54. The van der Waals surface area contributed by atoms with Crippen LogP contribution in [0.4, 0.5) is 0 Å². The molecular weight excluding hydrogens is 228 g/mol. The monoisotopic (exact) mass is 244 g/mol. The lowest BCUT2D eigenvalue weighted by Gasteiger charge is -2.11. The number of hydrogen-bond donors (Lipinski definition) is 2. The van der Waals surface area contributed by atoms with Crippen molar-refractivity contribution in [2.75, 3.05) is 0 Å². The van der Waals surface area contributed by atoms with E-state index in [1.807, 2.05) is 36.0 Å². The van der Waals surface area contributed by atoms with Crippen molar-refractivity contribution in [2.24, 2.45) is 5.73 Å². The Balaban J connectivity index is 2.66. The van der Waals surface area contributed by atoms with Crippen molar-refractivity contribution in [2.45, 2.75) is 24.0 Å². The number of thioether (sulfide) groups is 1. The Bertz CT molecular complexity index is 561. The topological polar surface area (TPSA) is 49.9 Å². The summed E-state index contributed by atoms with van der Waals surface area (Å²) in [6.07, 6.45) is 0. The molecule has 0 spiro atoms. The highest BCUT2D eigenvalue weighted by Gasteiger charge is 2.08. The molecule has 0 atom stereocenters. The van der Waals surface area contributed by atoms with Crippen LogP contribution >= 0.6 is 11.8 Å². The SMILES string of the molecule is CC(C)Sc1ccc(C(=N)N)c2ccccc12. The number of benzene rings is 2. The third-order valence-corrected chi connectivity index (χ3v) is 3.62. The largest absolute Gasteiger partial charge is 0.384 e. The minimum atomic E-state index is 0.127. The van der Waals surface area contributed by atoms with Crippen molar-refractivity contribution < 1.29 is 0 Å². The van der Waals surface area contributed by atoms with Gasteiger partial charge >= 0.3 is 0 Å². The number of hydrogen-bond acceptors (Lipinski definition) is 2. The van der Waals surface area contributed by atoms with Gasteiger partial charge in [-0.25, -0.2) is 0 Å². The first-order valence-electron chi connectivity index (χ1n) is 5.62. The van der Waals surface area contributed by atoms with Gasteiger partial charge < -0.3 is 5.73 Å². The fourth-order valence-electron chi connectivity index (χ4n) is 1.86. The summed E-state index contributed by atoms with van der Waals surface area (Å²) in [5, 5.41) is 10.4. The van der Waals surface area contributed by atoms with E-state index in [0.717, 1.165) is 10.9 Å². The van der Waals surface area contributed by atoms with Crippen LogP contribution in [0.2, 0.25) is 0 Å². The molecule has 0 saturated carbocycles. The lowest BCUT2D eigenvalue weighted by molar-refractivity contribution is 1.11. The molecule has 3 N–H and O–H groups in total. The van der Waals surface area contributed by atoms with Gasteiger partial charge in [0.25, 0.3) is 0 Å². The summed E-state index contributed by atoms with van der Waals surface area (Å²) < 4.78 is 0. The van der Waals surface area contributed by atoms with Crippen molar-refractivity contribution in [1.82, 2.24) is 0 Å². The van der Waals surface area contributed by atoms with Crippen LogP contribution in [0, 0.1) is 5.41 Å². The Labute approximate surface area is 106 Å². The van der Waals surface area contributed by atoms with E-state index in [0.29, 0.717) is 5.25 Å². The molecule has 2 rings (SSSR count). The van der Waals surface area contributed by atoms with Crippen molar-refractivity contribution in [3.8, 4) is 0 Å². The fraction of sp³-hybridized carbons (Fsp3) is 0.214. The zero-order valence-corrected chi connectivity index (χ0v) is 10.8. The molecule has 17 heavy (non-hydrogen) atoms. The van der Waals surface area contributed by atoms with Crippen LogP contribution < -0.4 is 5.73 Å². The Kier molecular flexibility index (Phi) is 3.38. The van der Waals surface area contributed by atoms with Gasteiger partial charge in [0.2, 0.25) is 0 Å². The molecule has 3 heteroatoms. The van der Waals surface area contributed by atoms with Gasteiger partial charge in [-0.2, -0.15) is 0 Å². The molecule has 0 aromatic heterocycles. The van der Waals surface area contributed by atoms with Crippen molar-refractivity contribution >= 4 is 28.4 Å². The third kappa shape index (κ3) is 2.44. The number of nitrogens with one attached hydrogen (secondary N) is 1. The summed E-state index contributed by atoms with van der Waals surface area (Å²) in [5.74, 6) is 0.127. The second-order valence-corrected chi connectivity index (χ2v) is 5.86. The summed E-state index contributed by atoms with van der Waals surface area (Å²) in [6, 6.07) is 12.1. The van der Waals surface area contributed by atoms with Crippen molar-refractivity contribution in [1.29, 1.82) is 5.41 Å². The maximum Gasteiger partial charge on any atom is 0.123 e. The second kappa shape index (κ2) is 4.80. The number of amidine groups is 1. The zero-order chi connectivity index (χ0) is 12.4. The molecule has 0 radical (unpaired) electrons. The number of rotatable bonds is 3. The lowest BCUT2D eigenvalue weighted by Crippen LogP contribution is -2.11. The summed E-state index contributed by atoms with van der Waals surface area (Å²) in [7, 11) is 0. The van der Waals surface area contributed by atoms with Crippen LogP contribution in [0.3, 0.4) is 0 Å². The predicted octanol–water partition coefficient (Wildman–Crippen LogP) is 3.62. The molecule has 0 saturated heterocycles. The summed E-state index contributed by atoms with van der Waals surface area (Å²) in [5.41, 5.74) is 6.42. The Hall–Kier alpha value is -1.48. The molecule has 0 amide bonds. The van der Waals surface area contributed by atoms with Crippen molar-refractivity contribution in [3.05, 3.63) is 42.0 Å². The Morgan fingerprint density at radius 3 is 2.35 bits per heavy atom. The summed E-state index contributed by atoms with van der Waals surface area (Å²) in [6.45, 7) is 4.36. The second-order valence-electron chi connectivity index (χ2n) is 4.24. The van der Waals surface area contributed by atoms with Gasteiger partial charge in [0.15, 0.2) is 0 Å². The Morgan fingerprint density at radius 2 is 1.76 bits per heavy atom. The molecule has 0 heterocycles. The standard InChI is InChI=1S/C14H16N2S/c1-9(2)17-13-8-7-12(14(15)16)10-5-3-4-6-11(10)13/h3-9H,1-2H3,(H3,15,16). The number of nitrogens with two attached hydrogens (primary N) is 1. The van der Waals surface area contributed by atoms with Gasteiger partial charge in [-0.15, -0.1) is 11.8 Å². The molecule has 0 aliphatic carbocycles. The maximum atomic E-state index is 7.60. The Morgan fingerprint density at radius 1 is 1.12 bits per heavy atom. The van der Waals surface area contributed by atoms with E-state index in [2.05, 4.69) is 26.0 Å². The molecule has 2 aromatic carbocycles. The van der Waals surface area contributed by atoms with E-state index in [1.54, 1.807) is 0 Å². The maximum absolute atomic E-state index is 7.60. The van der Waals surface area contributed by atoms with E-state index in [1.165, 1.54) is 10.3 Å². The first kappa shape index (κ1) is 12.0. The first-order chi connectivity index (χ1) is 8.09. The molecule has 0 unspecified atom stereocenters. The highest BCUT2D eigenvalue weighted by atomic mass is 32.2. The van der Waals surface area contributed by atoms with Crippen LogP contribution in [0.25, 0.3) is 10.8 Å². The van der Waals surface area contributed by atoms with Gasteiger partial charge in [0.1, 0.15) is 5.84 Å². The number of nitrogen functional groups attached to an aromatic ring is 1. The average molecular weight is 244 g/mol. The zero-order valence-electron chi connectivity index (χ0n) is 10.0. The molecule has 2 aromatic rings. The van der Waals surface area contributed by atoms with Gasteiger partial charge in [-0.3, -0.25) is 5.41 Å². The first-order valence-corrected chi connectivity index (χ1v) is 6.50. The highest BCUT2D eigenvalue weighted by molar-refractivity contribution is 8.00. The molecule has 88 valence electrons. The predicted molar refractivity (Wildman–Crippen MR) is 76.0 cm³/mol. The fourth-order valence-corrected chi connectivity index (χ4v) is 2.82. The van der Waals surface area contributed by atoms with E-state index in [4.69, 9.17) is 11.1 Å². The van der Waals surface area contributed by atoms with E-state index in [9.17, 15) is 0 Å². The normalized spacial score (nSPS) is 11.0. The van der Waals surface area contributed by atoms with Crippen LogP contribution in [0.5, 0.6) is 0 Å². The van der Waals surface area contributed by atoms with E-state index < -0.39 is 0 Å². The van der Waals surface area contributed by atoms with Crippen molar-refractivity contribution in [3.63, 3.8) is 0 Å². The van der Waals surface area contributed by atoms with Gasteiger partial charge in [0.05, 0.1) is 0 Å². The van der Waals surface area contributed by atoms with Gasteiger partial charge in [-0.05, 0) is 22.9 Å². The smallest absolute Gasteiger partial charge is 0.123 e. The van der Waals surface area contributed by atoms with Crippen LogP contribution in [-0.2, 0) is 0 Å². The lowest BCUT2D eigenvalue weighted by atomic mass is 10.0. The van der Waals surface area contributed by atoms with Gasteiger partial charge in [0, 0.05) is 15.7 Å². The quantitative estimate of drug-likeness (QED) is 0.492. The molecular formula is C14H16N2S. The van der Waals surface area contributed by atoms with E-state index >= 15 is 0 Å². The van der Waals surface area contributed by atoms with Crippen LogP contribution in [-0.4, -0.2) is 11.1 Å². The summed E-state index contributed by atoms with van der Waals surface area (Å²) >= 11 is 1.84. The van der Waals surface area contributed by atoms with Gasteiger partial charge in [-0.1, -0.05) is 38.1 Å². The van der Waals surface area contributed by atoms with Crippen LogP contribution in [0.15, 0.2) is 41.3 Å².